The Kier molecular flexibility index (Phi) is 14.1. The number of cyclic esters (lactones) is 1. The van der Waals surface area contributed by atoms with Crippen molar-refractivity contribution in [2.24, 2.45) is 11.8 Å². The Balaban J connectivity index is 1.74. The molecule has 11 heteroatoms. The maximum Gasteiger partial charge on any atom is 0.410 e. The molecule has 1 amide bonds. The molecule has 0 aromatic heterocycles. The topological polar surface area (TPSA) is 153 Å². The number of carbonyl (C=O) groups is 2. The van der Waals surface area contributed by atoms with Crippen LogP contribution >= 0.6 is 0 Å². The molecule has 3 rings (SSSR count). The van der Waals surface area contributed by atoms with Crippen molar-refractivity contribution in [2.45, 2.75) is 141 Å². The second kappa shape index (κ2) is 16.9. The zero-order chi connectivity index (χ0) is 35.1. The molecular formula is C36H60N2O9. The predicted molar refractivity (Wildman–Crippen MR) is 179 cm³/mol. The molecule has 11 nitrogen and oxygen atoms in total. The Morgan fingerprint density at radius 2 is 1.87 bits per heavy atom. The maximum atomic E-state index is 13.2. The molecule has 3 heterocycles. The monoisotopic (exact) mass is 664 g/mol. The average Bonchev–Trinajstić information content (AvgIpc) is 3.77. The van der Waals surface area contributed by atoms with Gasteiger partial charge in [-0.1, -0.05) is 45.1 Å². The van der Waals surface area contributed by atoms with E-state index in [1.165, 1.54) is 0 Å². The van der Waals surface area contributed by atoms with Gasteiger partial charge in [0, 0.05) is 50.5 Å². The summed E-state index contributed by atoms with van der Waals surface area (Å²) < 4.78 is 17.5. The highest BCUT2D eigenvalue weighted by molar-refractivity contribution is 5.70. The Morgan fingerprint density at radius 1 is 1.21 bits per heavy atom. The summed E-state index contributed by atoms with van der Waals surface area (Å²) in [6, 6.07) is 0.388. The first-order valence-corrected chi connectivity index (χ1v) is 17.3. The summed E-state index contributed by atoms with van der Waals surface area (Å²) in [5.74, 6) is -0.946. The van der Waals surface area contributed by atoms with Crippen molar-refractivity contribution in [3.8, 4) is 0 Å². The number of hydrogen-bond donors (Lipinski definition) is 4. The summed E-state index contributed by atoms with van der Waals surface area (Å²) >= 11 is 0. The SMILES string of the molecule is CCC(O)C(C)C1OC1CC(C)(O)/C=C/C=C(\C)C1OC(=O)CC(O)CCC(C)(O)C(OC(=O)N2CCN(C(C)C)CC2)/C=C/C1C. The molecule has 0 radical (unpaired) electrons. The standard InChI is InChI=1S/C36H60N2O9/c1-9-28(40)26(6)33-29(45-33)22-35(7,43)15-10-11-24(4)32-25(5)12-13-30(36(8,44)16-14-27(39)21-31(41)47-32)46-34(42)38-19-17-37(18-20-38)23(2)3/h10-13,15,23,25-30,32-33,39-40,43-44H,9,14,16-22H2,1-8H3/b13-12+,15-10+,24-11+. The molecule has 3 aliphatic rings. The van der Waals surface area contributed by atoms with Crippen LogP contribution in [0.2, 0.25) is 0 Å². The van der Waals surface area contributed by atoms with E-state index in [-0.39, 0.29) is 43.3 Å². The second-order valence-electron chi connectivity index (χ2n) is 14.6. The summed E-state index contributed by atoms with van der Waals surface area (Å²) in [6.45, 7) is 17.6. The molecule has 2 fully saturated rings. The molecule has 47 heavy (non-hydrogen) atoms. The molecule has 3 aliphatic heterocycles. The molecule has 10 atom stereocenters. The third kappa shape index (κ3) is 11.7. The lowest BCUT2D eigenvalue weighted by Crippen LogP contribution is -2.52. The predicted octanol–water partition coefficient (Wildman–Crippen LogP) is 3.74. The largest absolute Gasteiger partial charge is 0.457 e. The molecule has 268 valence electrons. The fourth-order valence-corrected chi connectivity index (χ4v) is 6.41. The summed E-state index contributed by atoms with van der Waals surface area (Å²) in [4.78, 5) is 30.0. The Morgan fingerprint density at radius 3 is 2.49 bits per heavy atom. The van der Waals surface area contributed by atoms with E-state index in [2.05, 4.69) is 18.7 Å². The van der Waals surface area contributed by atoms with Crippen LogP contribution in [-0.4, -0.2) is 122 Å². The van der Waals surface area contributed by atoms with E-state index >= 15 is 0 Å². The third-order valence-electron chi connectivity index (χ3n) is 9.90. The van der Waals surface area contributed by atoms with Gasteiger partial charge in [-0.25, -0.2) is 4.79 Å². The van der Waals surface area contributed by atoms with E-state index in [9.17, 15) is 30.0 Å². The van der Waals surface area contributed by atoms with E-state index in [1.807, 2.05) is 27.7 Å². The fraction of sp³-hybridized carbons (Fsp3) is 0.778. The smallest absolute Gasteiger partial charge is 0.410 e. The van der Waals surface area contributed by atoms with E-state index in [1.54, 1.807) is 49.1 Å². The maximum absolute atomic E-state index is 13.2. The molecule has 10 unspecified atom stereocenters. The number of carbonyl (C=O) groups excluding carboxylic acids is 2. The molecule has 4 N–H and O–H groups in total. The van der Waals surface area contributed by atoms with E-state index in [4.69, 9.17) is 14.2 Å². The highest BCUT2D eigenvalue weighted by Crippen LogP contribution is 2.37. The molecule has 0 bridgehead atoms. The van der Waals surface area contributed by atoms with Crippen LogP contribution < -0.4 is 0 Å². The molecule has 0 aliphatic carbocycles. The van der Waals surface area contributed by atoms with Crippen LogP contribution in [0.3, 0.4) is 0 Å². The Hall–Kier alpha value is -2.28. The normalized spacial score (nSPS) is 35.0. The first-order chi connectivity index (χ1) is 21.9. The average molecular weight is 665 g/mol. The number of allylic oxidation sites excluding steroid dienone is 2. The van der Waals surface area contributed by atoms with Crippen molar-refractivity contribution >= 4 is 12.1 Å². The molecule has 0 spiro atoms. The lowest BCUT2D eigenvalue weighted by atomic mass is 9.88. The van der Waals surface area contributed by atoms with Crippen molar-refractivity contribution in [1.29, 1.82) is 0 Å². The summed E-state index contributed by atoms with van der Waals surface area (Å²) in [5, 5.41) is 43.2. The molecule has 0 aromatic carbocycles. The number of esters is 1. The number of aliphatic hydroxyl groups excluding tert-OH is 2. The number of aliphatic hydroxyl groups is 4. The zero-order valence-electron chi connectivity index (χ0n) is 29.7. The van der Waals surface area contributed by atoms with Gasteiger partial charge in [0.1, 0.15) is 11.7 Å². The van der Waals surface area contributed by atoms with Gasteiger partial charge in [-0.05, 0) is 65.5 Å². The lowest BCUT2D eigenvalue weighted by Gasteiger charge is -2.38. The van der Waals surface area contributed by atoms with Crippen LogP contribution in [0.1, 0.15) is 87.5 Å². The second-order valence-corrected chi connectivity index (χ2v) is 14.6. The lowest BCUT2D eigenvalue weighted by molar-refractivity contribution is -0.151. The molecule has 2 saturated heterocycles. The van der Waals surface area contributed by atoms with Crippen molar-refractivity contribution in [3.05, 3.63) is 36.0 Å². The van der Waals surface area contributed by atoms with Crippen LogP contribution in [0.25, 0.3) is 0 Å². The van der Waals surface area contributed by atoms with E-state index in [0.717, 1.165) is 13.1 Å². The van der Waals surface area contributed by atoms with Crippen molar-refractivity contribution < 1.29 is 44.2 Å². The third-order valence-corrected chi connectivity index (χ3v) is 9.90. The van der Waals surface area contributed by atoms with Gasteiger partial charge in [-0.2, -0.15) is 0 Å². The van der Waals surface area contributed by atoms with Gasteiger partial charge in [-0.3, -0.25) is 9.69 Å². The summed E-state index contributed by atoms with van der Waals surface area (Å²) in [5.41, 5.74) is -1.94. The van der Waals surface area contributed by atoms with Crippen molar-refractivity contribution in [2.75, 3.05) is 26.2 Å². The number of nitrogens with zero attached hydrogens (tertiary/aromatic N) is 2. The van der Waals surface area contributed by atoms with Gasteiger partial charge in [0.05, 0.1) is 36.4 Å². The number of epoxide rings is 1. The van der Waals surface area contributed by atoms with Crippen LogP contribution in [0.4, 0.5) is 4.79 Å². The quantitative estimate of drug-likeness (QED) is 0.118. The van der Waals surface area contributed by atoms with Gasteiger partial charge in [-0.15, -0.1) is 0 Å². The zero-order valence-corrected chi connectivity index (χ0v) is 29.7. The van der Waals surface area contributed by atoms with E-state index in [0.29, 0.717) is 37.5 Å². The van der Waals surface area contributed by atoms with Crippen LogP contribution in [-0.2, 0) is 19.0 Å². The molecular weight excluding hydrogens is 604 g/mol. The van der Waals surface area contributed by atoms with Gasteiger partial charge >= 0.3 is 12.1 Å². The minimum atomic E-state index is -1.49. The van der Waals surface area contributed by atoms with E-state index < -0.39 is 47.7 Å². The van der Waals surface area contributed by atoms with Crippen molar-refractivity contribution in [1.82, 2.24) is 9.80 Å². The Labute approximate surface area is 281 Å². The first kappa shape index (κ1) is 39.2. The summed E-state index contributed by atoms with van der Waals surface area (Å²) in [7, 11) is 0. The molecule has 0 aromatic rings. The number of hydrogen-bond acceptors (Lipinski definition) is 10. The number of piperazine rings is 1. The summed E-state index contributed by atoms with van der Waals surface area (Å²) in [6.07, 6.45) is 5.72. The van der Waals surface area contributed by atoms with Gasteiger partial charge in [0.15, 0.2) is 6.10 Å². The highest BCUT2D eigenvalue weighted by atomic mass is 16.6. The number of amides is 1. The van der Waals surface area contributed by atoms with Crippen LogP contribution in [0, 0.1) is 11.8 Å². The Bertz CT molecular complexity index is 1130. The van der Waals surface area contributed by atoms with Gasteiger partial charge < -0.3 is 39.5 Å². The first-order valence-electron chi connectivity index (χ1n) is 17.3. The van der Waals surface area contributed by atoms with Gasteiger partial charge in [0.2, 0.25) is 0 Å². The van der Waals surface area contributed by atoms with Crippen LogP contribution in [0.15, 0.2) is 36.0 Å². The number of rotatable bonds is 10. The fourth-order valence-electron chi connectivity index (χ4n) is 6.41. The molecule has 0 saturated carbocycles. The van der Waals surface area contributed by atoms with Crippen molar-refractivity contribution in [3.63, 3.8) is 0 Å². The number of ether oxygens (including phenoxy) is 3. The minimum absolute atomic E-state index is 0.0111. The minimum Gasteiger partial charge on any atom is -0.457 e. The van der Waals surface area contributed by atoms with Crippen LogP contribution in [0.5, 0.6) is 0 Å². The van der Waals surface area contributed by atoms with Gasteiger partial charge in [0.25, 0.3) is 0 Å². The highest BCUT2D eigenvalue weighted by Gasteiger charge is 2.47.